The van der Waals surface area contributed by atoms with Crippen LogP contribution in [0.3, 0.4) is 0 Å². The van der Waals surface area contributed by atoms with Gasteiger partial charge in [0.15, 0.2) is 0 Å². The van der Waals surface area contributed by atoms with Crippen LogP contribution in [-0.4, -0.2) is 4.57 Å². The van der Waals surface area contributed by atoms with Gasteiger partial charge in [0.05, 0.1) is 22.1 Å². The molecule has 0 spiro atoms. The molecule has 56 heavy (non-hydrogen) atoms. The van der Waals surface area contributed by atoms with E-state index in [-0.39, 0.29) is 0 Å². The van der Waals surface area contributed by atoms with Crippen molar-refractivity contribution in [1.29, 1.82) is 0 Å². The van der Waals surface area contributed by atoms with E-state index in [4.69, 9.17) is 4.42 Å². The largest absolute Gasteiger partial charge is 0.455 e. The van der Waals surface area contributed by atoms with E-state index in [1.807, 2.05) is 11.3 Å². The van der Waals surface area contributed by atoms with Crippen LogP contribution in [0.5, 0.6) is 0 Å². The molecule has 0 aliphatic carbocycles. The third-order valence-corrected chi connectivity index (χ3v) is 12.5. The van der Waals surface area contributed by atoms with E-state index in [9.17, 15) is 0 Å². The van der Waals surface area contributed by atoms with Gasteiger partial charge in [0.1, 0.15) is 11.2 Å². The highest BCUT2D eigenvalue weighted by atomic mass is 32.1. The van der Waals surface area contributed by atoms with Crippen LogP contribution >= 0.6 is 11.3 Å². The van der Waals surface area contributed by atoms with Crippen LogP contribution in [0.2, 0.25) is 0 Å². The first-order chi connectivity index (χ1) is 27.8. The molecule has 3 aromatic heterocycles. The molecule has 9 aromatic carbocycles. The Hall–Kier alpha value is -7.14. The number of anilines is 3. The maximum atomic E-state index is 6.72. The predicted octanol–water partition coefficient (Wildman–Crippen LogP) is 15.3. The Labute approximate surface area is 326 Å². The number of nitrogens with zero attached hydrogens (tertiary/aromatic N) is 2. The molecule has 262 valence electrons. The second kappa shape index (κ2) is 12.2. The zero-order chi connectivity index (χ0) is 36.7. The normalized spacial score (nSPS) is 11.9. The Morgan fingerprint density at radius 3 is 1.95 bits per heavy atom. The van der Waals surface area contributed by atoms with E-state index in [1.54, 1.807) is 0 Å². The van der Waals surface area contributed by atoms with Crippen molar-refractivity contribution >= 4 is 103 Å². The first-order valence-electron chi connectivity index (χ1n) is 19.0. The van der Waals surface area contributed by atoms with Gasteiger partial charge in [0, 0.05) is 58.8 Å². The molecule has 0 radical (unpaired) electrons. The van der Waals surface area contributed by atoms with Gasteiger partial charge in [-0.05, 0) is 89.3 Å². The Morgan fingerprint density at radius 1 is 0.446 bits per heavy atom. The SMILES string of the molecule is c1cc(N(c2ccc(-c3cccc4sc5ccccc5c34)cc2)c2cccc3oc4c5ccccc5ccc4c23)cc(-n2c3ccccc3c3ccccc32)c1. The van der Waals surface area contributed by atoms with Gasteiger partial charge >= 0.3 is 0 Å². The minimum atomic E-state index is 0.866. The van der Waals surface area contributed by atoms with E-state index in [0.717, 1.165) is 50.1 Å². The minimum Gasteiger partial charge on any atom is -0.455 e. The quantitative estimate of drug-likeness (QED) is 0.176. The number of aromatic nitrogens is 1. The van der Waals surface area contributed by atoms with Crippen molar-refractivity contribution < 1.29 is 4.42 Å². The Kier molecular flexibility index (Phi) is 6.80. The molecule has 3 heterocycles. The van der Waals surface area contributed by atoms with Gasteiger partial charge in [0.25, 0.3) is 0 Å². The molecule has 0 atom stereocenters. The zero-order valence-electron chi connectivity index (χ0n) is 30.2. The second-order valence-corrected chi connectivity index (χ2v) is 15.5. The predicted molar refractivity (Wildman–Crippen MR) is 239 cm³/mol. The van der Waals surface area contributed by atoms with E-state index in [0.29, 0.717) is 0 Å². The van der Waals surface area contributed by atoms with Gasteiger partial charge in [-0.15, -0.1) is 11.3 Å². The summed E-state index contributed by atoms with van der Waals surface area (Å²) in [6.07, 6.45) is 0. The highest BCUT2D eigenvalue weighted by molar-refractivity contribution is 7.25. The summed E-state index contributed by atoms with van der Waals surface area (Å²) in [4.78, 5) is 2.40. The molecule has 0 amide bonds. The Morgan fingerprint density at radius 2 is 1.12 bits per heavy atom. The van der Waals surface area contributed by atoms with Gasteiger partial charge in [0.2, 0.25) is 0 Å². The molecule has 4 heteroatoms. The van der Waals surface area contributed by atoms with Crippen molar-refractivity contribution in [1.82, 2.24) is 4.57 Å². The fourth-order valence-electron chi connectivity index (χ4n) is 8.93. The summed E-state index contributed by atoms with van der Waals surface area (Å²) in [6.45, 7) is 0. The number of furan rings is 1. The van der Waals surface area contributed by atoms with E-state index < -0.39 is 0 Å². The summed E-state index contributed by atoms with van der Waals surface area (Å²) in [5, 5.41) is 9.60. The molecule has 0 saturated heterocycles. The third-order valence-electron chi connectivity index (χ3n) is 11.4. The zero-order valence-corrected chi connectivity index (χ0v) is 31.0. The minimum absolute atomic E-state index is 0.866. The van der Waals surface area contributed by atoms with Crippen molar-refractivity contribution in [3.8, 4) is 16.8 Å². The lowest BCUT2D eigenvalue weighted by atomic mass is 9.99. The van der Waals surface area contributed by atoms with Crippen molar-refractivity contribution in [2.75, 3.05) is 4.90 Å². The fourth-order valence-corrected chi connectivity index (χ4v) is 10.1. The van der Waals surface area contributed by atoms with Crippen molar-refractivity contribution in [2.24, 2.45) is 0 Å². The number of thiophene rings is 1. The lowest BCUT2D eigenvalue weighted by molar-refractivity contribution is 0.672. The van der Waals surface area contributed by atoms with Gasteiger partial charge < -0.3 is 13.9 Å². The molecule has 12 rings (SSSR count). The molecule has 0 saturated carbocycles. The topological polar surface area (TPSA) is 21.3 Å². The fraction of sp³-hybridized carbons (Fsp3) is 0. The first-order valence-corrected chi connectivity index (χ1v) is 19.8. The van der Waals surface area contributed by atoms with Crippen LogP contribution in [0.15, 0.2) is 199 Å². The average Bonchev–Trinajstić information content (AvgIpc) is 3.94. The monoisotopic (exact) mass is 732 g/mol. The van der Waals surface area contributed by atoms with Gasteiger partial charge in [-0.25, -0.2) is 0 Å². The van der Waals surface area contributed by atoms with E-state index in [2.05, 4.69) is 204 Å². The van der Waals surface area contributed by atoms with Crippen LogP contribution in [0.4, 0.5) is 17.1 Å². The first kappa shape index (κ1) is 31.2. The summed E-state index contributed by atoms with van der Waals surface area (Å²) >= 11 is 1.86. The number of fused-ring (bicyclic) bond motifs is 11. The number of hydrogen-bond donors (Lipinski definition) is 0. The van der Waals surface area contributed by atoms with Crippen LogP contribution in [0, 0.1) is 0 Å². The summed E-state index contributed by atoms with van der Waals surface area (Å²) in [5.41, 5.74) is 10.9. The standard InChI is InChI=1S/C52H32N2OS/c1-2-15-39-33(12-1)28-31-43-51-46(22-11-23-47(51)55-52(39)43)53(35-29-26-34(27-30-35)38-19-10-25-49-50(38)42-18-5-8-24-48(42)56-49)36-13-9-14-37(32-36)54-44-20-6-3-16-40(44)41-17-4-7-21-45(41)54/h1-32H. The van der Waals surface area contributed by atoms with E-state index in [1.165, 1.54) is 58.5 Å². The van der Waals surface area contributed by atoms with Gasteiger partial charge in [-0.1, -0.05) is 121 Å². The highest BCUT2D eigenvalue weighted by Crippen LogP contribution is 2.46. The number of benzene rings is 9. The van der Waals surface area contributed by atoms with Gasteiger partial charge in [-0.3, -0.25) is 0 Å². The molecular formula is C52H32N2OS. The molecule has 12 aromatic rings. The highest BCUT2D eigenvalue weighted by Gasteiger charge is 2.22. The molecule has 0 bridgehead atoms. The lowest BCUT2D eigenvalue weighted by Gasteiger charge is -2.27. The van der Waals surface area contributed by atoms with Crippen LogP contribution in [-0.2, 0) is 0 Å². The molecule has 0 aliphatic rings. The molecule has 0 N–H and O–H groups in total. The number of hydrogen-bond acceptors (Lipinski definition) is 3. The maximum absolute atomic E-state index is 6.72. The van der Waals surface area contributed by atoms with Crippen molar-refractivity contribution in [2.45, 2.75) is 0 Å². The molecule has 0 aliphatic heterocycles. The molecule has 0 unspecified atom stereocenters. The Bertz CT molecular complexity index is 3440. The van der Waals surface area contributed by atoms with Crippen LogP contribution < -0.4 is 4.90 Å². The summed E-state index contributed by atoms with van der Waals surface area (Å²) in [6, 6.07) is 70.2. The molecular weight excluding hydrogens is 701 g/mol. The van der Waals surface area contributed by atoms with Crippen molar-refractivity contribution in [3.63, 3.8) is 0 Å². The summed E-state index contributed by atoms with van der Waals surface area (Å²) in [5.74, 6) is 0. The third kappa shape index (κ3) is 4.63. The van der Waals surface area contributed by atoms with E-state index >= 15 is 0 Å². The lowest BCUT2D eigenvalue weighted by Crippen LogP contribution is -2.11. The maximum Gasteiger partial charge on any atom is 0.143 e. The van der Waals surface area contributed by atoms with Gasteiger partial charge in [-0.2, -0.15) is 0 Å². The second-order valence-electron chi connectivity index (χ2n) is 14.5. The number of rotatable bonds is 5. The smallest absolute Gasteiger partial charge is 0.143 e. The molecule has 0 fully saturated rings. The van der Waals surface area contributed by atoms with Crippen LogP contribution in [0.25, 0.3) is 91.5 Å². The van der Waals surface area contributed by atoms with Crippen molar-refractivity contribution in [3.05, 3.63) is 194 Å². The molecule has 3 nitrogen and oxygen atoms in total. The van der Waals surface area contributed by atoms with Crippen LogP contribution in [0.1, 0.15) is 0 Å². The summed E-state index contributed by atoms with van der Waals surface area (Å²) in [7, 11) is 0. The summed E-state index contributed by atoms with van der Waals surface area (Å²) < 4.78 is 11.7. The Balaban J connectivity index is 1.09. The number of para-hydroxylation sites is 2. The average molecular weight is 733 g/mol.